The number of hydrogen-bond acceptors (Lipinski definition) is 4. The van der Waals surface area contributed by atoms with Crippen molar-refractivity contribution >= 4 is 17.6 Å². The largest absolute Gasteiger partial charge is 0.493 e. The maximum Gasteiger partial charge on any atom is 0.422 e. The third kappa shape index (κ3) is 5.21. The van der Waals surface area contributed by atoms with Gasteiger partial charge in [-0.15, -0.1) is 0 Å². The summed E-state index contributed by atoms with van der Waals surface area (Å²) in [5.41, 5.74) is 0.225. The van der Waals surface area contributed by atoms with E-state index < -0.39 is 18.8 Å². The number of hydrogen-bond donors (Lipinski definition) is 3. The van der Waals surface area contributed by atoms with Crippen LogP contribution in [0, 0.1) is 0 Å². The Kier molecular flexibility index (Phi) is 5.37. The molecule has 1 aliphatic heterocycles. The predicted molar refractivity (Wildman–Crippen MR) is 78.1 cm³/mol. The minimum absolute atomic E-state index is 0.107. The lowest BCUT2D eigenvalue weighted by molar-refractivity contribution is -0.153. The predicted octanol–water partition coefficient (Wildman–Crippen LogP) is 1.65. The Balaban J connectivity index is 1.99. The van der Waals surface area contributed by atoms with Gasteiger partial charge < -0.3 is 25.4 Å². The molecule has 7 nitrogen and oxygen atoms in total. The molecule has 0 spiro atoms. The molecule has 0 bridgehead atoms. The number of benzene rings is 1. The van der Waals surface area contributed by atoms with Crippen LogP contribution in [0.2, 0.25) is 0 Å². The Morgan fingerprint density at radius 3 is 2.71 bits per heavy atom. The standard InChI is InChI=1S/C14H16F3N3O4/c1-23-10-3-2-8(4-11(10)24-7-14(15,16)17)19-13(22)20-9-5-12(21)18-6-9/h2-4,9H,5-7H2,1H3,(H,18,21)(H2,19,20,22). The number of anilines is 1. The zero-order valence-electron chi connectivity index (χ0n) is 12.7. The van der Waals surface area contributed by atoms with E-state index in [-0.39, 0.29) is 35.6 Å². The Hall–Kier alpha value is -2.65. The van der Waals surface area contributed by atoms with Crippen LogP contribution in [-0.4, -0.2) is 44.4 Å². The first-order valence-electron chi connectivity index (χ1n) is 6.98. The van der Waals surface area contributed by atoms with Gasteiger partial charge in [-0.05, 0) is 12.1 Å². The third-order valence-electron chi connectivity index (χ3n) is 3.13. The summed E-state index contributed by atoms with van der Waals surface area (Å²) >= 11 is 0. The lowest BCUT2D eigenvalue weighted by atomic mass is 10.2. The van der Waals surface area contributed by atoms with Gasteiger partial charge in [0.1, 0.15) is 0 Å². The highest BCUT2D eigenvalue weighted by atomic mass is 19.4. The first-order chi connectivity index (χ1) is 11.3. The van der Waals surface area contributed by atoms with Gasteiger partial charge in [0, 0.05) is 24.7 Å². The highest BCUT2D eigenvalue weighted by Crippen LogP contribution is 2.31. The summed E-state index contributed by atoms with van der Waals surface area (Å²) < 4.78 is 46.4. The fraction of sp³-hybridized carbons (Fsp3) is 0.429. The van der Waals surface area contributed by atoms with Crippen LogP contribution in [0.1, 0.15) is 6.42 Å². The summed E-state index contributed by atoms with van der Waals surface area (Å²) in [5, 5.41) is 7.61. The highest BCUT2D eigenvalue weighted by molar-refractivity contribution is 5.90. The maximum atomic E-state index is 12.3. The Morgan fingerprint density at radius 2 is 2.12 bits per heavy atom. The van der Waals surface area contributed by atoms with Crippen molar-refractivity contribution in [2.45, 2.75) is 18.6 Å². The van der Waals surface area contributed by atoms with Crippen molar-refractivity contribution in [3.63, 3.8) is 0 Å². The molecule has 0 radical (unpaired) electrons. The van der Waals surface area contributed by atoms with Gasteiger partial charge in [0.25, 0.3) is 0 Å². The molecule has 2 rings (SSSR count). The number of carbonyl (C=O) groups excluding carboxylic acids is 2. The van der Waals surface area contributed by atoms with Gasteiger partial charge in [-0.1, -0.05) is 0 Å². The molecule has 1 atom stereocenters. The van der Waals surface area contributed by atoms with Gasteiger partial charge >= 0.3 is 12.2 Å². The second-order valence-corrected chi connectivity index (χ2v) is 5.07. The third-order valence-corrected chi connectivity index (χ3v) is 3.13. The number of carbonyl (C=O) groups is 2. The number of nitrogens with one attached hydrogen (secondary N) is 3. The van der Waals surface area contributed by atoms with Crippen molar-refractivity contribution in [3.8, 4) is 11.5 Å². The number of halogens is 3. The second-order valence-electron chi connectivity index (χ2n) is 5.07. The topological polar surface area (TPSA) is 88.7 Å². The first-order valence-corrected chi connectivity index (χ1v) is 6.98. The maximum absolute atomic E-state index is 12.3. The quantitative estimate of drug-likeness (QED) is 0.756. The average Bonchev–Trinajstić information content (AvgIpc) is 2.89. The minimum Gasteiger partial charge on any atom is -0.493 e. The molecule has 1 unspecified atom stereocenters. The molecule has 0 aromatic heterocycles. The molecular weight excluding hydrogens is 331 g/mol. The van der Waals surface area contributed by atoms with Crippen LogP contribution in [0.25, 0.3) is 0 Å². The van der Waals surface area contributed by atoms with E-state index in [1.807, 2.05) is 0 Å². The molecule has 24 heavy (non-hydrogen) atoms. The molecule has 0 aliphatic carbocycles. The zero-order valence-corrected chi connectivity index (χ0v) is 12.7. The van der Waals surface area contributed by atoms with E-state index in [9.17, 15) is 22.8 Å². The molecule has 3 amide bonds. The number of alkyl halides is 3. The second kappa shape index (κ2) is 7.28. The average molecular weight is 347 g/mol. The van der Waals surface area contributed by atoms with E-state index in [1.165, 1.54) is 25.3 Å². The van der Waals surface area contributed by atoms with E-state index in [2.05, 4.69) is 20.7 Å². The van der Waals surface area contributed by atoms with Crippen molar-refractivity contribution in [3.05, 3.63) is 18.2 Å². The smallest absolute Gasteiger partial charge is 0.422 e. The fourth-order valence-corrected chi connectivity index (χ4v) is 2.09. The van der Waals surface area contributed by atoms with Crippen LogP contribution >= 0.6 is 0 Å². The Labute approximate surface area is 135 Å². The number of ether oxygens (including phenoxy) is 2. The molecule has 1 heterocycles. The number of amides is 3. The Bertz CT molecular complexity index is 622. The van der Waals surface area contributed by atoms with Gasteiger partial charge in [0.2, 0.25) is 5.91 Å². The van der Waals surface area contributed by atoms with Crippen LogP contribution in [0.4, 0.5) is 23.7 Å². The molecule has 132 valence electrons. The number of methoxy groups -OCH3 is 1. The molecule has 10 heteroatoms. The van der Waals surface area contributed by atoms with Crippen LogP contribution < -0.4 is 25.4 Å². The number of urea groups is 1. The molecule has 1 saturated heterocycles. The fourth-order valence-electron chi connectivity index (χ4n) is 2.09. The van der Waals surface area contributed by atoms with Gasteiger partial charge in [-0.3, -0.25) is 4.79 Å². The van der Waals surface area contributed by atoms with Crippen molar-refractivity contribution in [1.82, 2.24) is 10.6 Å². The van der Waals surface area contributed by atoms with Gasteiger partial charge in [0.05, 0.1) is 13.2 Å². The molecule has 3 N–H and O–H groups in total. The van der Waals surface area contributed by atoms with Crippen LogP contribution in [0.15, 0.2) is 18.2 Å². The number of rotatable bonds is 5. The van der Waals surface area contributed by atoms with Crippen molar-refractivity contribution < 1.29 is 32.2 Å². The van der Waals surface area contributed by atoms with E-state index in [0.717, 1.165) is 0 Å². The van der Waals surface area contributed by atoms with Gasteiger partial charge in [0.15, 0.2) is 18.1 Å². The highest BCUT2D eigenvalue weighted by Gasteiger charge is 2.29. The van der Waals surface area contributed by atoms with E-state index >= 15 is 0 Å². The van der Waals surface area contributed by atoms with Crippen LogP contribution in [0.3, 0.4) is 0 Å². The lowest BCUT2D eigenvalue weighted by Gasteiger charge is -2.15. The molecule has 1 aliphatic rings. The molecule has 1 fully saturated rings. The molecule has 1 aromatic carbocycles. The Morgan fingerprint density at radius 1 is 1.38 bits per heavy atom. The van der Waals surface area contributed by atoms with E-state index in [0.29, 0.717) is 6.54 Å². The summed E-state index contributed by atoms with van der Waals surface area (Å²) in [6.07, 6.45) is -4.32. The first kappa shape index (κ1) is 17.7. The normalized spacial score (nSPS) is 17.2. The van der Waals surface area contributed by atoms with Crippen LogP contribution in [-0.2, 0) is 4.79 Å². The molecule has 0 saturated carbocycles. The summed E-state index contributed by atoms with van der Waals surface area (Å²) in [6, 6.07) is 3.14. The summed E-state index contributed by atoms with van der Waals surface area (Å²) in [5.74, 6) is -0.200. The van der Waals surface area contributed by atoms with E-state index in [1.54, 1.807) is 0 Å². The zero-order chi connectivity index (χ0) is 17.7. The monoisotopic (exact) mass is 347 g/mol. The summed E-state index contributed by atoms with van der Waals surface area (Å²) in [7, 11) is 1.29. The lowest BCUT2D eigenvalue weighted by Crippen LogP contribution is -2.39. The van der Waals surface area contributed by atoms with Crippen molar-refractivity contribution in [2.24, 2.45) is 0 Å². The summed E-state index contributed by atoms with van der Waals surface area (Å²) in [4.78, 5) is 22.9. The molecular formula is C14H16F3N3O4. The van der Waals surface area contributed by atoms with Gasteiger partial charge in [-0.2, -0.15) is 13.2 Å². The van der Waals surface area contributed by atoms with Crippen molar-refractivity contribution in [2.75, 3.05) is 25.6 Å². The van der Waals surface area contributed by atoms with E-state index in [4.69, 9.17) is 4.74 Å². The minimum atomic E-state index is -4.49. The van der Waals surface area contributed by atoms with Crippen molar-refractivity contribution in [1.29, 1.82) is 0 Å². The molecule has 1 aromatic rings. The SMILES string of the molecule is COc1ccc(NC(=O)NC2CNC(=O)C2)cc1OCC(F)(F)F. The summed E-state index contributed by atoms with van der Waals surface area (Å²) in [6.45, 7) is -1.15. The van der Waals surface area contributed by atoms with Gasteiger partial charge in [-0.25, -0.2) is 4.79 Å². The van der Waals surface area contributed by atoms with Crippen LogP contribution in [0.5, 0.6) is 11.5 Å².